The molecule has 0 atom stereocenters. The minimum atomic E-state index is 0.227. The number of carbonyl (C=O) groups excluding carboxylic acids is 1. The normalized spacial score (nSPS) is 17.6. The van der Waals surface area contributed by atoms with Crippen molar-refractivity contribution >= 4 is 22.9 Å². The van der Waals surface area contributed by atoms with Gasteiger partial charge in [0, 0.05) is 38.2 Å². The molecule has 1 saturated heterocycles. The number of amides is 1. The lowest BCUT2D eigenvalue weighted by atomic mass is 10.1. The molecule has 1 aliphatic carbocycles. The third kappa shape index (κ3) is 3.34. The maximum Gasteiger partial charge on any atom is 0.225 e. The van der Waals surface area contributed by atoms with E-state index in [2.05, 4.69) is 25.2 Å². The summed E-state index contributed by atoms with van der Waals surface area (Å²) in [7, 11) is 1.63. The van der Waals surface area contributed by atoms with E-state index in [-0.39, 0.29) is 5.92 Å². The molecule has 1 amide bonds. The van der Waals surface area contributed by atoms with Crippen molar-refractivity contribution in [2.24, 2.45) is 5.92 Å². The lowest BCUT2D eigenvalue weighted by Crippen LogP contribution is -2.50. The summed E-state index contributed by atoms with van der Waals surface area (Å²) in [5.41, 5.74) is 2.14. The molecule has 156 valence electrons. The van der Waals surface area contributed by atoms with Crippen LogP contribution in [-0.2, 0) is 4.79 Å². The third-order valence-corrected chi connectivity index (χ3v) is 6.11. The van der Waals surface area contributed by atoms with E-state index in [0.717, 1.165) is 43.2 Å². The number of anilines is 1. The number of methoxy groups -OCH3 is 1. The van der Waals surface area contributed by atoms with E-state index in [4.69, 9.17) is 4.74 Å². The average molecular weight is 407 g/mol. The van der Waals surface area contributed by atoms with Crippen LogP contribution in [0.3, 0.4) is 0 Å². The van der Waals surface area contributed by atoms with Crippen LogP contribution in [0.4, 0.5) is 5.82 Å². The first-order valence-corrected chi connectivity index (χ1v) is 10.5. The number of nitrogens with zero attached hydrogens (tertiary/aromatic N) is 7. The van der Waals surface area contributed by atoms with Gasteiger partial charge >= 0.3 is 0 Å². The Morgan fingerprint density at radius 2 is 1.90 bits per heavy atom. The van der Waals surface area contributed by atoms with Crippen molar-refractivity contribution in [3.05, 3.63) is 30.6 Å². The smallest absolute Gasteiger partial charge is 0.225 e. The number of piperazine rings is 1. The number of carbonyl (C=O) groups is 1. The zero-order valence-corrected chi connectivity index (χ0v) is 17.1. The molecule has 1 aliphatic heterocycles. The third-order valence-electron chi connectivity index (χ3n) is 6.11. The SMILES string of the molecule is COc1cccc(-n2nnc3c(N4CCN(C(=O)C5CCCC5)CC4)ncnc32)c1. The fourth-order valence-electron chi connectivity index (χ4n) is 4.45. The van der Waals surface area contributed by atoms with Crippen molar-refractivity contribution in [2.75, 3.05) is 38.2 Å². The van der Waals surface area contributed by atoms with Crippen LogP contribution in [0.15, 0.2) is 30.6 Å². The first-order valence-electron chi connectivity index (χ1n) is 10.5. The maximum atomic E-state index is 12.7. The number of ether oxygens (including phenoxy) is 1. The van der Waals surface area contributed by atoms with Gasteiger partial charge in [0.1, 0.15) is 12.1 Å². The van der Waals surface area contributed by atoms with E-state index in [1.165, 1.54) is 12.8 Å². The molecule has 0 bridgehead atoms. The first kappa shape index (κ1) is 18.8. The molecule has 5 rings (SSSR count). The second kappa shape index (κ2) is 7.89. The van der Waals surface area contributed by atoms with Crippen molar-refractivity contribution in [3.8, 4) is 11.4 Å². The van der Waals surface area contributed by atoms with Crippen LogP contribution in [0, 0.1) is 5.92 Å². The first-order chi connectivity index (χ1) is 14.7. The number of benzene rings is 1. The highest BCUT2D eigenvalue weighted by Gasteiger charge is 2.30. The molecular formula is C21H25N7O2. The van der Waals surface area contributed by atoms with E-state index in [9.17, 15) is 4.79 Å². The highest BCUT2D eigenvalue weighted by Crippen LogP contribution is 2.28. The number of hydrogen-bond donors (Lipinski definition) is 0. The van der Waals surface area contributed by atoms with Crippen molar-refractivity contribution < 1.29 is 9.53 Å². The molecule has 3 aromatic rings. The zero-order chi connectivity index (χ0) is 20.5. The van der Waals surface area contributed by atoms with E-state index in [1.54, 1.807) is 18.1 Å². The molecule has 1 saturated carbocycles. The quantitative estimate of drug-likeness (QED) is 0.654. The summed E-state index contributed by atoms with van der Waals surface area (Å²) >= 11 is 0. The Bertz CT molecular complexity index is 1050. The van der Waals surface area contributed by atoms with Gasteiger partial charge in [0.05, 0.1) is 12.8 Å². The number of fused-ring (bicyclic) bond motifs is 1. The second-order valence-corrected chi connectivity index (χ2v) is 7.87. The minimum Gasteiger partial charge on any atom is -0.497 e. The number of rotatable bonds is 4. The summed E-state index contributed by atoms with van der Waals surface area (Å²) in [6.45, 7) is 2.89. The highest BCUT2D eigenvalue weighted by molar-refractivity contribution is 5.84. The van der Waals surface area contributed by atoms with E-state index in [1.807, 2.05) is 29.2 Å². The Labute approximate surface area is 174 Å². The monoisotopic (exact) mass is 407 g/mol. The Morgan fingerprint density at radius 3 is 2.67 bits per heavy atom. The number of aromatic nitrogens is 5. The Balaban J connectivity index is 1.37. The minimum absolute atomic E-state index is 0.227. The summed E-state index contributed by atoms with van der Waals surface area (Å²) in [6.07, 6.45) is 5.99. The average Bonchev–Trinajstić information content (AvgIpc) is 3.49. The Kier molecular flexibility index (Phi) is 4.94. The molecule has 30 heavy (non-hydrogen) atoms. The predicted octanol–water partition coefficient (Wildman–Crippen LogP) is 2.06. The van der Waals surface area contributed by atoms with Crippen LogP contribution in [0.25, 0.3) is 16.9 Å². The van der Waals surface area contributed by atoms with Gasteiger partial charge in [-0.2, -0.15) is 4.68 Å². The van der Waals surface area contributed by atoms with Crippen LogP contribution < -0.4 is 9.64 Å². The van der Waals surface area contributed by atoms with Crippen molar-refractivity contribution in [2.45, 2.75) is 25.7 Å². The van der Waals surface area contributed by atoms with Crippen molar-refractivity contribution in [1.29, 1.82) is 0 Å². The summed E-state index contributed by atoms with van der Waals surface area (Å²) in [4.78, 5) is 25.8. The lowest BCUT2D eigenvalue weighted by molar-refractivity contribution is -0.135. The fourth-order valence-corrected chi connectivity index (χ4v) is 4.45. The Morgan fingerprint density at radius 1 is 1.10 bits per heavy atom. The predicted molar refractivity (Wildman–Crippen MR) is 112 cm³/mol. The van der Waals surface area contributed by atoms with E-state index >= 15 is 0 Å². The molecule has 9 heteroatoms. The van der Waals surface area contributed by atoms with Crippen LogP contribution in [0.5, 0.6) is 5.75 Å². The van der Waals surface area contributed by atoms with Gasteiger partial charge in [0.2, 0.25) is 5.91 Å². The van der Waals surface area contributed by atoms with Crippen LogP contribution in [-0.4, -0.2) is 69.1 Å². The molecule has 2 aromatic heterocycles. The molecule has 2 fully saturated rings. The van der Waals surface area contributed by atoms with E-state index < -0.39 is 0 Å². The van der Waals surface area contributed by atoms with Crippen LogP contribution >= 0.6 is 0 Å². The summed E-state index contributed by atoms with van der Waals surface area (Å²) in [5.74, 6) is 2.06. The summed E-state index contributed by atoms with van der Waals surface area (Å²) in [5, 5.41) is 8.68. The van der Waals surface area contributed by atoms with E-state index in [0.29, 0.717) is 30.2 Å². The van der Waals surface area contributed by atoms with Gasteiger partial charge < -0.3 is 14.5 Å². The zero-order valence-electron chi connectivity index (χ0n) is 17.1. The molecule has 3 heterocycles. The topological polar surface area (TPSA) is 89.3 Å². The molecule has 2 aliphatic rings. The van der Waals surface area contributed by atoms with Crippen LogP contribution in [0.2, 0.25) is 0 Å². The van der Waals surface area contributed by atoms with Gasteiger partial charge in [-0.15, -0.1) is 5.10 Å². The molecule has 0 spiro atoms. The van der Waals surface area contributed by atoms with Crippen molar-refractivity contribution in [1.82, 2.24) is 29.9 Å². The summed E-state index contributed by atoms with van der Waals surface area (Å²) < 4.78 is 7.01. The van der Waals surface area contributed by atoms with Gasteiger partial charge in [-0.1, -0.05) is 24.1 Å². The maximum absolute atomic E-state index is 12.7. The highest BCUT2D eigenvalue weighted by atomic mass is 16.5. The largest absolute Gasteiger partial charge is 0.497 e. The van der Waals surface area contributed by atoms with Gasteiger partial charge in [-0.05, 0) is 25.0 Å². The molecule has 0 unspecified atom stereocenters. The van der Waals surface area contributed by atoms with Crippen LogP contribution in [0.1, 0.15) is 25.7 Å². The van der Waals surface area contributed by atoms with Gasteiger partial charge in [-0.3, -0.25) is 4.79 Å². The Hall–Kier alpha value is -3.23. The second-order valence-electron chi connectivity index (χ2n) is 7.87. The molecule has 0 radical (unpaired) electrons. The molecular weight excluding hydrogens is 382 g/mol. The van der Waals surface area contributed by atoms with Crippen molar-refractivity contribution in [3.63, 3.8) is 0 Å². The molecule has 9 nitrogen and oxygen atoms in total. The summed E-state index contributed by atoms with van der Waals surface area (Å²) in [6, 6.07) is 7.62. The lowest BCUT2D eigenvalue weighted by Gasteiger charge is -2.36. The molecule has 1 aromatic carbocycles. The van der Waals surface area contributed by atoms with Gasteiger partial charge in [0.25, 0.3) is 0 Å². The number of hydrogen-bond acceptors (Lipinski definition) is 7. The van der Waals surface area contributed by atoms with Gasteiger partial charge in [-0.25, -0.2) is 9.97 Å². The molecule has 0 N–H and O–H groups in total. The standard InChI is InChI=1S/C21H25N7O2/c1-30-17-8-4-7-16(13-17)28-20-18(24-25-28)19(22-14-23-20)26-9-11-27(12-10-26)21(29)15-5-2-3-6-15/h4,7-8,13-15H,2-3,5-6,9-12H2,1H3. The van der Waals surface area contributed by atoms with Gasteiger partial charge in [0.15, 0.2) is 17.0 Å². The fraction of sp³-hybridized carbons (Fsp3) is 0.476.